The number of methoxy groups -OCH3 is 2. The van der Waals surface area contributed by atoms with Crippen molar-refractivity contribution < 1.29 is 23.5 Å². The summed E-state index contributed by atoms with van der Waals surface area (Å²) >= 11 is 1.26. The molecule has 1 aromatic carbocycles. The van der Waals surface area contributed by atoms with Gasteiger partial charge < -0.3 is 24.2 Å². The SMILES string of the molecule is CCc1nc(C)oc1C(=O)/N=c1\sc2cc(C(=O)OC)cc(OC)c2n1C/C=C/CN. The van der Waals surface area contributed by atoms with Crippen LogP contribution in [0.1, 0.15) is 39.4 Å². The normalized spacial score (nSPS) is 12.1. The van der Waals surface area contributed by atoms with Gasteiger partial charge in [-0.25, -0.2) is 9.78 Å². The number of oxazole rings is 1. The number of fused-ring (bicyclic) bond motifs is 1. The van der Waals surface area contributed by atoms with E-state index in [1.807, 2.05) is 23.6 Å². The third kappa shape index (κ3) is 4.59. The van der Waals surface area contributed by atoms with E-state index < -0.39 is 11.9 Å². The first-order valence-electron chi connectivity index (χ1n) is 9.63. The van der Waals surface area contributed by atoms with E-state index in [2.05, 4.69) is 9.98 Å². The van der Waals surface area contributed by atoms with Gasteiger partial charge >= 0.3 is 11.9 Å². The summed E-state index contributed by atoms with van der Waals surface area (Å²) in [5, 5.41) is 0. The van der Waals surface area contributed by atoms with Gasteiger partial charge in [0.05, 0.1) is 30.2 Å². The molecule has 2 N–H and O–H groups in total. The summed E-state index contributed by atoms with van der Waals surface area (Å²) in [6, 6.07) is 3.29. The molecule has 0 bridgehead atoms. The van der Waals surface area contributed by atoms with E-state index in [-0.39, 0.29) is 5.76 Å². The van der Waals surface area contributed by atoms with E-state index in [9.17, 15) is 9.59 Å². The molecule has 1 amide bonds. The molecule has 0 aliphatic carbocycles. The number of nitrogens with zero attached hydrogens (tertiary/aromatic N) is 3. The molecule has 10 heteroatoms. The summed E-state index contributed by atoms with van der Waals surface area (Å²) in [4.78, 5) is 33.9. The summed E-state index contributed by atoms with van der Waals surface area (Å²) in [6.45, 7) is 4.37. The number of amides is 1. The van der Waals surface area contributed by atoms with Crippen molar-refractivity contribution in [1.29, 1.82) is 0 Å². The van der Waals surface area contributed by atoms with Crippen molar-refractivity contribution in [3.05, 3.63) is 52.0 Å². The van der Waals surface area contributed by atoms with Crippen LogP contribution >= 0.6 is 11.3 Å². The van der Waals surface area contributed by atoms with Crippen molar-refractivity contribution in [2.45, 2.75) is 26.8 Å². The average molecular weight is 445 g/mol. The number of nitrogens with two attached hydrogens (primary N) is 1. The number of hydrogen-bond donors (Lipinski definition) is 1. The maximum Gasteiger partial charge on any atom is 0.338 e. The summed E-state index contributed by atoms with van der Waals surface area (Å²) in [5.74, 6) is 0.00254. The second-order valence-electron chi connectivity index (χ2n) is 6.50. The number of carbonyl (C=O) groups is 2. The van der Waals surface area contributed by atoms with E-state index in [1.165, 1.54) is 25.6 Å². The van der Waals surface area contributed by atoms with Crippen LogP contribution in [0.3, 0.4) is 0 Å². The Morgan fingerprint density at radius 1 is 1.32 bits per heavy atom. The standard InChI is InChI=1S/C21H24N4O5S/c1-5-14-18(30-12(2)23-14)19(26)24-21-25(9-7-6-8-22)17-15(28-3)10-13(20(27)29-4)11-16(17)31-21/h6-7,10-11H,5,8-9,22H2,1-4H3/b7-6+,24-21-. The molecule has 3 aromatic rings. The van der Waals surface area contributed by atoms with Crippen molar-refractivity contribution in [2.24, 2.45) is 10.7 Å². The van der Waals surface area contributed by atoms with Crippen LogP contribution < -0.4 is 15.3 Å². The molecule has 0 atom stereocenters. The van der Waals surface area contributed by atoms with Crippen molar-refractivity contribution in [3.63, 3.8) is 0 Å². The number of thiazole rings is 1. The Balaban J connectivity index is 2.24. The Hall–Kier alpha value is -3.24. The average Bonchev–Trinajstić information content (AvgIpc) is 3.32. The number of allylic oxidation sites excluding steroid dienone is 1. The minimum atomic E-state index is -0.521. The molecule has 0 saturated carbocycles. The van der Waals surface area contributed by atoms with Crippen molar-refractivity contribution >= 4 is 33.4 Å². The van der Waals surface area contributed by atoms with Crippen LogP contribution in [-0.4, -0.2) is 42.2 Å². The van der Waals surface area contributed by atoms with Gasteiger partial charge in [-0.2, -0.15) is 4.99 Å². The summed E-state index contributed by atoms with van der Waals surface area (Å²) in [7, 11) is 2.83. The molecule has 0 aliphatic heterocycles. The maximum absolute atomic E-state index is 12.9. The Bertz CT molecular complexity index is 1220. The molecule has 0 aliphatic rings. The summed E-state index contributed by atoms with van der Waals surface area (Å²) in [6.07, 6.45) is 4.24. The number of aromatic nitrogens is 2. The number of aryl methyl sites for hydroxylation is 2. The fraction of sp³-hybridized carbons (Fsp3) is 0.333. The Morgan fingerprint density at radius 2 is 2.10 bits per heavy atom. The summed E-state index contributed by atoms with van der Waals surface area (Å²) in [5.41, 5.74) is 7.18. The van der Waals surface area contributed by atoms with Crippen molar-refractivity contribution in [3.8, 4) is 5.75 Å². The van der Waals surface area contributed by atoms with Gasteiger partial charge in [0.1, 0.15) is 11.3 Å². The number of carbonyl (C=O) groups excluding carboxylic acids is 2. The quantitative estimate of drug-likeness (QED) is 0.439. The smallest absolute Gasteiger partial charge is 0.338 e. The molecule has 164 valence electrons. The van der Waals surface area contributed by atoms with Crippen molar-refractivity contribution in [2.75, 3.05) is 20.8 Å². The molecule has 0 fully saturated rings. The van der Waals surface area contributed by atoms with E-state index in [4.69, 9.17) is 19.6 Å². The van der Waals surface area contributed by atoms with Gasteiger partial charge in [-0.15, -0.1) is 0 Å². The van der Waals surface area contributed by atoms with Crippen LogP contribution in [0.5, 0.6) is 5.75 Å². The highest BCUT2D eigenvalue weighted by molar-refractivity contribution is 7.16. The molecule has 3 rings (SSSR count). The zero-order valence-corrected chi connectivity index (χ0v) is 18.6. The third-order valence-electron chi connectivity index (χ3n) is 4.50. The zero-order chi connectivity index (χ0) is 22.5. The van der Waals surface area contributed by atoms with Crippen LogP contribution in [0.4, 0.5) is 0 Å². The van der Waals surface area contributed by atoms with Crippen LogP contribution in [0.2, 0.25) is 0 Å². The van der Waals surface area contributed by atoms with Gasteiger partial charge in [0.15, 0.2) is 10.7 Å². The summed E-state index contributed by atoms with van der Waals surface area (Å²) < 4.78 is 18.4. The fourth-order valence-corrected chi connectivity index (χ4v) is 4.20. The lowest BCUT2D eigenvalue weighted by Gasteiger charge is -2.08. The van der Waals surface area contributed by atoms with Gasteiger partial charge in [0, 0.05) is 20.0 Å². The molecular formula is C21H24N4O5S. The molecule has 2 heterocycles. The second-order valence-corrected chi connectivity index (χ2v) is 7.51. The number of esters is 1. The molecule has 0 spiro atoms. The lowest BCUT2D eigenvalue weighted by Crippen LogP contribution is -2.17. The maximum atomic E-state index is 12.9. The molecule has 0 saturated heterocycles. The number of hydrogen-bond acceptors (Lipinski definition) is 8. The molecular weight excluding hydrogens is 420 g/mol. The zero-order valence-electron chi connectivity index (χ0n) is 17.8. The van der Waals surface area contributed by atoms with Crippen LogP contribution in [0, 0.1) is 6.92 Å². The third-order valence-corrected chi connectivity index (χ3v) is 5.53. The molecule has 31 heavy (non-hydrogen) atoms. The first kappa shape index (κ1) is 22.4. The van der Waals surface area contributed by atoms with Crippen LogP contribution in [0.15, 0.2) is 33.7 Å². The topological polar surface area (TPSA) is 122 Å². The molecule has 9 nitrogen and oxygen atoms in total. The second kappa shape index (κ2) is 9.71. The fourth-order valence-electron chi connectivity index (χ4n) is 3.11. The highest BCUT2D eigenvalue weighted by atomic mass is 32.1. The molecule has 0 radical (unpaired) electrons. The number of benzene rings is 1. The largest absolute Gasteiger partial charge is 0.494 e. The highest BCUT2D eigenvalue weighted by Gasteiger charge is 2.20. The first-order chi connectivity index (χ1) is 14.9. The van der Waals surface area contributed by atoms with E-state index in [1.54, 1.807) is 19.1 Å². The minimum Gasteiger partial charge on any atom is -0.494 e. The predicted octanol–water partition coefficient (Wildman–Crippen LogP) is 2.61. The van der Waals surface area contributed by atoms with Gasteiger partial charge in [0.25, 0.3) is 0 Å². The number of ether oxygens (including phenoxy) is 2. The highest BCUT2D eigenvalue weighted by Crippen LogP contribution is 2.30. The van der Waals surface area contributed by atoms with Gasteiger partial charge in [0.2, 0.25) is 5.76 Å². The van der Waals surface area contributed by atoms with E-state index in [0.717, 1.165) is 4.70 Å². The molecule has 0 unspecified atom stereocenters. The minimum absolute atomic E-state index is 0.128. The Labute approximate surface area is 182 Å². The first-order valence-corrected chi connectivity index (χ1v) is 10.4. The van der Waals surface area contributed by atoms with Gasteiger partial charge in [-0.05, 0) is 18.6 Å². The van der Waals surface area contributed by atoms with Gasteiger partial charge in [-0.3, -0.25) is 4.79 Å². The lowest BCUT2D eigenvalue weighted by molar-refractivity contribution is 0.0600. The van der Waals surface area contributed by atoms with E-state index >= 15 is 0 Å². The Kier molecular flexibility index (Phi) is 7.03. The monoisotopic (exact) mass is 444 g/mol. The predicted molar refractivity (Wildman–Crippen MR) is 116 cm³/mol. The Morgan fingerprint density at radius 3 is 2.74 bits per heavy atom. The molecule has 2 aromatic heterocycles. The van der Waals surface area contributed by atoms with Crippen molar-refractivity contribution in [1.82, 2.24) is 9.55 Å². The van der Waals surface area contributed by atoms with Crippen LogP contribution in [-0.2, 0) is 17.7 Å². The van der Waals surface area contributed by atoms with Gasteiger partial charge in [-0.1, -0.05) is 30.4 Å². The number of rotatable bonds is 7. The van der Waals surface area contributed by atoms with Crippen LogP contribution in [0.25, 0.3) is 10.2 Å². The lowest BCUT2D eigenvalue weighted by atomic mass is 10.2. The van der Waals surface area contributed by atoms with E-state index in [0.29, 0.717) is 52.7 Å².